The maximum absolute atomic E-state index is 14.4. The van der Waals surface area contributed by atoms with Crippen LogP contribution in [0.4, 0.5) is 22.0 Å². The summed E-state index contributed by atoms with van der Waals surface area (Å²) in [5.41, 5.74) is 6.67. The van der Waals surface area contributed by atoms with Crippen molar-refractivity contribution in [1.29, 1.82) is 0 Å². The standard InChI is InChI=1S/C24H27Cl3FN7O2/c1-24(21(29)36)5-2-13(3-6-24)35-20-18(10-30-22(34-20)31-17-4-7-37-11-16(17)28)32-23(35)33-19-14(26)8-12(25)9-15(19)27/h8-10,13,16-17H,2-7,11H2,1H3,(H2,29,36)(H,32,33)(H,30,31,34)/t13-,16-,17+,24-/m1/s1. The molecule has 3 heterocycles. The molecule has 2 aromatic heterocycles. The number of hydrogen-bond acceptors (Lipinski definition) is 7. The molecule has 1 aliphatic carbocycles. The second-order valence-electron chi connectivity index (χ2n) is 9.86. The molecule has 2 fully saturated rings. The topological polar surface area (TPSA) is 120 Å². The number of alkyl halides is 1. The number of anilines is 3. The average Bonchev–Trinajstić information content (AvgIpc) is 3.20. The molecule has 3 aromatic rings. The summed E-state index contributed by atoms with van der Waals surface area (Å²) in [6.45, 7) is 2.40. The zero-order chi connectivity index (χ0) is 26.3. The van der Waals surface area contributed by atoms with Gasteiger partial charge in [-0.3, -0.25) is 9.36 Å². The van der Waals surface area contributed by atoms with Gasteiger partial charge >= 0.3 is 0 Å². The highest BCUT2D eigenvalue weighted by molar-refractivity contribution is 6.41. The zero-order valence-corrected chi connectivity index (χ0v) is 22.4. The molecule has 198 valence electrons. The molecule has 0 bridgehead atoms. The predicted octanol–water partition coefficient (Wildman–Crippen LogP) is 5.68. The molecule has 1 aliphatic heterocycles. The molecule has 1 amide bonds. The van der Waals surface area contributed by atoms with E-state index in [9.17, 15) is 9.18 Å². The Bertz CT molecular complexity index is 1310. The lowest BCUT2D eigenvalue weighted by Crippen LogP contribution is -2.39. The van der Waals surface area contributed by atoms with Crippen molar-refractivity contribution in [1.82, 2.24) is 19.5 Å². The van der Waals surface area contributed by atoms with Crippen LogP contribution < -0.4 is 16.4 Å². The summed E-state index contributed by atoms with van der Waals surface area (Å²) in [7, 11) is 0. The largest absolute Gasteiger partial charge is 0.378 e. The van der Waals surface area contributed by atoms with Gasteiger partial charge in [-0.1, -0.05) is 41.7 Å². The second kappa shape index (κ2) is 10.4. The summed E-state index contributed by atoms with van der Waals surface area (Å²) in [6.07, 6.45) is 3.56. The molecule has 4 N–H and O–H groups in total. The lowest BCUT2D eigenvalue weighted by Gasteiger charge is -2.35. The quantitative estimate of drug-likeness (QED) is 0.349. The number of nitrogens with one attached hydrogen (secondary N) is 2. The van der Waals surface area contributed by atoms with E-state index in [0.717, 1.165) is 0 Å². The Labute approximate surface area is 228 Å². The van der Waals surface area contributed by atoms with E-state index in [-0.39, 0.29) is 18.6 Å². The van der Waals surface area contributed by atoms with Gasteiger partial charge in [0, 0.05) is 23.1 Å². The molecule has 13 heteroatoms. The number of ether oxygens (including phenoxy) is 1. The van der Waals surface area contributed by atoms with Gasteiger partial charge < -0.3 is 21.1 Å². The number of carbonyl (C=O) groups excluding carboxylic acids is 1. The van der Waals surface area contributed by atoms with Crippen LogP contribution in [0.25, 0.3) is 11.2 Å². The van der Waals surface area contributed by atoms with Crippen molar-refractivity contribution in [2.24, 2.45) is 11.1 Å². The number of hydrogen-bond donors (Lipinski definition) is 3. The third kappa shape index (κ3) is 5.30. The summed E-state index contributed by atoms with van der Waals surface area (Å²) in [6, 6.07) is 2.70. The van der Waals surface area contributed by atoms with Crippen molar-refractivity contribution in [2.45, 2.75) is 57.3 Å². The van der Waals surface area contributed by atoms with Crippen molar-refractivity contribution in [3.8, 4) is 0 Å². The van der Waals surface area contributed by atoms with E-state index >= 15 is 0 Å². The predicted molar refractivity (Wildman–Crippen MR) is 143 cm³/mol. The minimum absolute atomic E-state index is 0.0369. The fourth-order valence-corrected chi connectivity index (χ4v) is 5.86. The Hall–Kier alpha value is -2.40. The van der Waals surface area contributed by atoms with Gasteiger partial charge in [0.05, 0.1) is 34.6 Å². The number of fused-ring (bicyclic) bond motifs is 1. The number of nitrogens with two attached hydrogens (primary N) is 1. The van der Waals surface area contributed by atoms with Crippen LogP contribution in [-0.2, 0) is 9.53 Å². The number of amides is 1. The zero-order valence-electron chi connectivity index (χ0n) is 20.1. The number of primary amides is 1. The van der Waals surface area contributed by atoms with E-state index in [1.165, 1.54) is 0 Å². The van der Waals surface area contributed by atoms with Gasteiger partial charge in [-0.05, 0) is 44.2 Å². The number of imidazole rings is 1. The van der Waals surface area contributed by atoms with Crippen molar-refractivity contribution >= 4 is 69.5 Å². The molecular weight excluding hydrogens is 544 g/mol. The van der Waals surface area contributed by atoms with Gasteiger partial charge in [-0.15, -0.1) is 0 Å². The van der Waals surface area contributed by atoms with Gasteiger partial charge in [-0.2, -0.15) is 4.98 Å². The Morgan fingerprint density at radius 2 is 1.89 bits per heavy atom. The van der Waals surface area contributed by atoms with E-state index in [4.69, 9.17) is 55.2 Å². The SMILES string of the molecule is C[C@]1(C(N)=O)CC[C@H](n2c(Nc3c(Cl)cc(Cl)cc3Cl)nc3cnc(N[C@H]4CCOC[C@H]4F)nc32)CC1. The molecule has 2 aliphatic rings. The highest BCUT2D eigenvalue weighted by Crippen LogP contribution is 2.44. The lowest BCUT2D eigenvalue weighted by atomic mass is 9.73. The summed E-state index contributed by atoms with van der Waals surface area (Å²) >= 11 is 19.0. The molecule has 1 aromatic carbocycles. The molecular formula is C24H27Cl3FN7O2. The fraction of sp³-hybridized carbons (Fsp3) is 0.500. The van der Waals surface area contributed by atoms with Crippen molar-refractivity contribution in [2.75, 3.05) is 23.8 Å². The van der Waals surface area contributed by atoms with Crippen molar-refractivity contribution in [3.63, 3.8) is 0 Å². The molecule has 0 unspecified atom stereocenters. The van der Waals surface area contributed by atoms with Crippen LogP contribution in [0, 0.1) is 5.41 Å². The van der Waals surface area contributed by atoms with E-state index in [0.29, 0.717) is 82.5 Å². The van der Waals surface area contributed by atoms with Crippen molar-refractivity contribution in [3.05, 3.63) is 33.4 Å². The van der Waals surface area contributed by atoms with Gasteiger partial charge in [-0.25, -0.2) is 14.4 Å². The van der Waals surface area contributed by atoms with Crippen molar-refractivity contribution < 1.29 is 13.9 Å². The maximum atomic E-state index is 14.4. The Morgan fingerprint density at radius 1 is 1.19 bits per heavy atom. The van der Waals surface area contributed by atoms with Crippen LogP contribution in [-0.4, -0.2) is 50.9 Å². The van der Waals surface area contributed by atoms with Crippen LogP contribution in [0.15, 0.2) is 18.3 Å². The van der Waals surface area contributed by atoms with E-state index in [1.54, 1.807) is 18.3 Å². The summed E-state index contributed by atoms with van der Waals surface area (Å²) in [5.74, 6) is 0.468. The molecule has 0 radical (unpaired) electrons. The first-order valence-corrected chi connectivity index (χ1v) is 13.2. The first kappa shape index (κ1) is 26.2. The fourth-order valence-electron chi connectivity index (χ4n) is 4.94. The highest BCUT2D eigenvalue weighted by atomic mass is 35.5. The smallest absolute Gasteiger partial charge is 0.225 e. The third-order valence-corrected chi connectivity index (χ3v) is 8.11. The molecule has 1 saturated carbocycles. The third-order valence-electron chi connectivity index (χ3n) is 7.30. The highest BCUT2D eigenvalue weighted by Gasteiger charge is 2.38. The van der Waals surface area contributed by atoms with E-state index < -0.39 is 17.6 Å². The summed E-state index contributed by atoms with van der Waals surface area (Å²) in [5, 5.41) is 7.44. The van der Waals surface area contributed by atoms with Gasteiger partial charge in [0.25, 0.3) is 0 Å². The first-order valence-electron chi connectivity index (χ1n) is 12.1. The number of nitrogens with zero attached hydrogens (tertiary/aromatic N) is 4. The van der Waals surface area contributed by atoms with Gasteiger partial charge in [0.15, 0.2) is 5.65 Å². The number of halogens is 4. The van der Waals surface area contributed by atoms with E-state index in [2.05, 4.69) is 15.6 Å². The summed E-state index contributed by atoms with van der Waals surface area (Å²) < 4.78 is 21.5. The maximum Gasteiger partial charge on any atom is 0.225 e. The number of rotatable bonds is 6. The van der Waals surface area contributed by atoms with Crippen LogP contribution in [0.5, 0.6) is 0 Å². The van der Waals surface area contributed by atoms with E-state index in [1.807, 2.05) is 11.5 Å². The Kier molecular flexibility index (Phi) is 7.37. The van der Waals surface area contributed by atoms with Crippen LogP contribution in [0.1, 0.15) is 45.1 Å². The first-order chi connectivity index (χ1) is 17.6. The van der Waals surface area contributed by atoms with Crippen LogP contribution >= 0.6 is 34.8 Å². The Balaban J connectivity index is 1.54. The Morgan fingerprint density at radius 3 is 2.54 bits per heavy atom. The lowest BCUT2D eigenvalue weighted by molar-refractivity contribution is -0.128. The molecule has 2 atom stereocenters. The number of benzene rings is 1. The van der Waals surface area contributed by atoms with Gasteiger partial charge in [0.1, 0.15) is 11.7 Å². The van der Waals surface area contributed by atoms with Crippen LogP contribution in [0.3, 0.4) is 0 Å². The number of carbonyl (C=O) groups is 1. The molecule has 9 nitrogen and oxygen atoms in total. The minimum atomic E-state index is -1.16. The minimum Gasteiger partial charge on any atom is -0.378 e. The molecule has 37 heavy (non-hydrogen) atoms. The monoisotopic (exact) mass is 569 g/mol. The van der Waals surface area contributed by atoms with Crippen LogP contribution in [0.2, 0.25) is 15.1 Å². The molecule has 5 rings (SSSR count). The average molecular weight is 571 g/mol. The van der Waals surface area contributed by atoms with Gasteiger partial charge in [0.2, 0.25) is 17.8 Å². The second-order valence-corrected chi connectivity index (χ2v) is 11.1. The normalized spacial score (nSPS) is 26.2. The number of aromatic nitrogens is 4. The molecule has 1 saturated heterocycles. The molecule has 0 spiro atoms. The summed E-state index contributed by atoms with van der Waals surface area (Å²) in [4.78, 5) is 25.9.